The zero-order valence-corrected chi connectivity index (χ0v) is 8.03. The van der Waals surface area contributed by atoms with Crippen LogP contribution in [0.2, 0.25) is 0 Å². The molecule has 0 bridgehead atoms. The number of fused-ring (bicyclic) bond motifs is 1. The number of carbonyl (C=O) groups is 1. The molecule has 14 heavy (non-hydrogen) atoms. The van der Waals surface area contributed by atoms with E-state index in [0.717, 1.165) is 24.1 Å². The Morgan fingerprint density at radius 1 is 1.64 bits per heavy atom. The fraction of sp³-hybridized carbons (Fsp3) is 0.364. The van der Waals surface area contributed by atoms with E-state index in [0.29, 0.717) is 12.5 Å². The first-order chi connectivity index (χ1) is 6.72. The third kappa shape index (κ3) is 1.39. The summed E-state index contributed by atoms with van der Waals surface area (Å²) in [4.78, 5) is 12.4. The minimum Gasteiger partial charge on any atom is -0.364 e. The second-order valence-electron chi connectivity index (χ2n) is 3.68. The van der Waals surface area contributed by atoms with Crippen molar-refractivity contribution in [1.82, 2.24) is 0 Å². The first kappa shape index (κ1) is 9.19. The SMILES string of the molecule is C[C@H]1CN(CC=O)c2ccc(F)cc21. The number of rotatable bonds is 2. The van der Waals surface area contributed by atoms with Crippen LogP contribution < -0.4 is 4.90 Å². The number of nitrogens with zero attached hydrogens (tertiary/aromatic N) is 1. The van der Waals surface area contributed by atoms with Crippen molar-refractivity contribution in [2.75, 3.05) is 18.0 Å². The van der Waals surface area contributed by atoms with Gasteiger partial charge < -0.3 is 9.69 Å². The highest BCUT2D eigenvalue weighted by atomic mass is 19.1. The molecule has 0 saturated heterocycles. The van der Waals surface area contributed by atoms with Crippen LogP contribution in [-0.2, 0) is 4.79 Å². The first-order valence-corrected chi connectivity index (χ1v) is 4.70. The Kier molecular flexibility index (Phi) is 2.23. The molecule has 0 saturated carbocycles. The number of halogens is 1. The second-order valence-corrected chi connectivity index (χ2v) is 3.68. The van der Waals surface area contributed by atoms with Crippen LogP contribution in [0.15, 0.2) is 18.2 Å². The summed E-state index contributed by atoms with van der Waals surface area (Å²) in [7, 11) is 0. The van der Waals surface area contributed by atoms with Gasteiger partial charge in [-0.05, 0) is 23.8 Å². The number of aldehydes is 1. The van der Waals surface area contributed by atoms with Gasteiger partial charge in [0.25, 0.3) is 0 Å². The molecule has 1 aliphatic rings. The third-order valence-corrected chi connectivity index (χ3v) is 2.65. The summed E-state index contributed by atoms with van der Waals surface area (Å²) in [5.74, 6) is 0.101. The summed E-state index contributed by atoms with van der Waals surface area (Å²) in [5.41, 5.74) is 2.00. The maximum Gasteiger partial charge on any atom is 0.139 e. The lowest BCUT2D eigenvalue weighted by Crippen LogP contribution is -2.23. The van der Waals surface area contributed by atoms with Crippen LogP contribution in [-0.4, -0.2) is 19.4 Å². The van der Waals surface area contributed by atoms with Crippen LogP contribution in [0.4, 0.5) is 10.1 Å². The lowest BCUT2D eigenvalue weighted by molar-refractivity contribution is -0.106. The summed E-state index contributed by atoms with van der Waals surface area (Å²) in [5, 5.41) is 0. The molecule has 1 aliphatic heterocycles. The Bertz CT molecular complexity index is 364. The highest BCUT2D eigenvalue weighted by Gasteiger charge is 2.25. The van der Waals surface area contributed by atoms with Gasteiger partial charge in [0.1, 0.15) is 12.1 Å². The zero-order valence-electron chi connectivity index (χ0n) is 8.03. The van der Waals surface area contributed by atoms with E-state index in [-0.39, 0.29) is 5.82 Å². The average Bonchev–Trinajstić information content (AvgIpc) is 2.44. The molecule has 0 aliphatic carbocycles. The van der Waals surface area contributed by atoms with Crippen LogP contribution in [0.1, 0.15) is 18.4 Å². The molecule has 0 unspecified atom stereocenters. The summed E-state index contributed by atoms with van der Waals surface area (Å²) in [6.45, 7) is 3.24. The molecule has 74 valence electrons. The van der Waals surface area contributed by atoms with Crippen molar-refractivity contribution in [1.29, 1.82) is 0 Å². The van der Waals surface area contributed by atoms with Crippen molar-refractivity contribution in [2.24, 2.45) is 0 Å². The third-order valence-electron chi connectivity index (χ3n) is 2.65. The molecule has 1 aromatic carbocycles. The van der Waals surface area contributed by atoms with Gasteiger partial charge in [0, 0.05) is 18.2 Å². The minimum atomic E-state index is -0.205. The van der Waals surface area contributed by atoms with E-state index in [2.05, 4.69) is 0 Å². The largest absolute Gasteiger partial charge is 0.364 e. The normalized spacial score (nSPS) is 19.6. The molecular weight excluding hydrogens is 181 g/mol. The molecule has 0 fully saturated rings. The van der Waals surface area contributed by atoms with Gasteiger partial charge >= 0.3 is 0 Å². The molecule has 2 nitrogen and oxygen atoms in total. The Morgan fingerprint density at radius 3 is 3.14 bits per heavy atom. The number of hydrogen-bond donors (Lipinski definition) is 0. The van der Waals surface area contributed by atoms with Crippen LogP contribution >= 0.6 is 0 Å². The topological polar surface area (TPSA) is 20.3 Å². The van der Waals surface area contributed by atoms with E-state index < -0.39 is 0 Å². The van der Waals surface area contributed by atoms with Gasteiger partial charge in [-0.3, -0.25) is 0 Å². The van der Waals surface area contributed by atoms with Crippen molar-refractivity contribution in [3.63, 3.8) is 0 Å². The average molecular weight is 193 g/mol. The van der Waals surface area contributed by atoms with Crippen molar-refractivity contribution >= 4 is 12.0 Å². The smallest absolute Gasteiger partial charge is 0.139 e. The van der Waals surface area contributed by atoms with Gasteiger partial charge in [0.2, 0.25) is 0 Å². The first-order valence-electron chi connectivity index (χ1n) is 4.70. The van der Waals surface area contributed by atoms with Gasteiger partial charge in [-0.2, -0.15) is 0 Å². The quantitative estimate of drug-likeness (QED) is 0.669. The van der Waals surface area contributed by atoms with Crippen molar-refractivity contribution in [3.8, 4) is 0 Å². The fourth-order valence-corrected chi connectivity index (χ4v) is 2.00. The van der Waals surface area contributed by atoms with E-state index in [1.165, 1.54) is 6.07 Å². The van der Waals surface area contributed by atoms with E-state index >= 15 is 0 Å². The van der Waals surface area contributed by atoms with Gasteiger partial charge in [0.15, 0.2) is 0 Å². The molecule has 0 radical (unpaired) electrons. The molecule has 1 atom stereocenters. The standard InChI is InChI=1S/C11H12FNO/c1-8-7-13(4-5-14)11-3-2-9(12)6-10(8)11/h2-3,5-6,8H,4,7H2,1H3/t8-/m0/s1. The Hall–Kier alpha value is -1.38. The molecular formula is C11H12FNO. The molecule has 0 amide bonds. The summed E-state index contributed by atoms with van der Waals surface area (Å²) < 4.78 is 13.0. The Morgan fingerprint density at radius 2 is 2.43 bits per heavy atom. The van der Waals surface area contributed by atoms with E-state index in [9.17, 15) is 9.18 Å². The lowest BCUT2D eigenvalue weighted by atomic mass is 10.0. The molecule has 0 spiro atoms. The summed E-state index contributed by atoms with van der Waals surface area (Å²) >= 11 is 0. The molecule has 0 aromatic heterocycles. The lowest BCUT2D eigenvalue weighted by Gasteiger charge is -2.15. The van der Waals surface area contributed by atoms with Crippen LogP contribution in [0, 0.1) is 5.82 Å². The highest BCUT2D eigenvalue weighted by molar-refractivity contribution is 5.67. The second kappa shape index (κ2) is 3.40. The van der Waals surface area contributed by atoms with E-state index in [1.807, 2.05) is 11.8 Å². The monoisotopic (exact) mass is 193 g/mol. The molecule has 1 heterocycles. The number of anilines is 1. The van der Waals surface area contributed by atoms with Gasteiger partial charge in [-0.15, -0.1) is 0 Å². The summed E-state index contributed by atoms with van der Waals surface area (Å²) in [6, 6.07) is 4.75. The van der Waals surface area contributed by atoms with Crippen molar-refractivity contribution < 1.29 is 9.18 Å². The van der Waals surface area contributed by atoms with Gasteiger partial charge in [-0.1, -0.05) is 6.92 Å². The molecule has 0 N–H and O–H groups in total. The van der Waals surface area contributed by atoms with Crippen LogP contribution in [0.5, 0.6) is 0 Å². The van der Waals surface area contributed by atoms with Gasteiger partial charge in [-0.25, -0.2) is 4.39 Å². The van der Waals surface area contributed by atoms with E-state index in [4.69, 9.17) is 0 Å². The van der Waals surface area contributed by atoms with Gasteiger partial charge in [0.05, 0.1) is 6.54 Å². The predicted molar refractivity (Wildman–Crippen MR) is 53.1 cm³/mol. The summed E-state index contributed by atoms with van der Waals surface area (Å²) in [6.07, 6.45) is 0.880. The predicted octanol–water partition coefficient (Wildman–Crippen LogP) is 1.95. The maximum absolute atomic E-state index is 13.0. The van der Waals surface area contributed by atoms with Crippen molar-refractivity contribution in [2.45, 2.75) is 12.8 Å². The van der Waals surface area contributed by atoms with E-state index in [1.54, 1.807) is 12.1 Å². The fourth-order valence-electron chi connectivity index (χ4n) is 2.00. The maximum atomic E-state index is 13.0. The number of benzene rings is 1. The van der Waals surface area contributed by atoms with Crippen LogP contribution in [0.3, 0.4) is 0 Å². The molecule has 2 rings (SSSR count). The zero-order chi connectivity index (χ0) is 10.1. The highest BCUT2D eigenvalue weighted by Crippen LogP contribution is 2.35. The number of hydrogen-bond acceptors (Lipinski definition) is 2. The molecule has 3 heteroatoms. The number of carbonyl (C=O) groups excluding carboxylic acids is 1. The molecule has 1 aromatic rings. The minimum absolute atomic E-state index is 0.205. The Labute approximate surface area is 82.3 Å². The van der Waals surface area contributed by atoms with Crippen molar-refractivity contribution in [3.05, 3.63) is 29.6 Å². The Balaban J connectivity index is 2.39. The van der Waals surface area contributed by atoms with Crippen LogP contribution in [0.25, 0.3) is 0 Å².